The summed E-state index contributed by atoms with van der Waals surface area (Å²) in [6.45, 7) is 15.8. The van der Waals surface area contributed by atoms with E-state index in [2.05, 4.69) is 41.5 Å². The first-order valence-electron chi connectivity index (χ1n) is 20.2. The van der Waals surface area contributed by atoms with Crippen molar-refractivity contribution < 1.29 is 38.6 Å². The lowest BCUT2D eigenvalue weighted by molar-refractivity contribution is 0.236. The first kappa shape index (κ1) is 44.4. The molecule has 0 spiro atoms. The predicted octanol–water partition coefficient (Wildman–Crippen LogP) is 12.7. The molecule has 2 aromatic carbocycles. The van der Waals surface area contributed by atoms with Crippen LogP contribution in [0.4, 0.5) is 0 Å². The standard InChI is InChI=1S/C42H70O8S/c1-7-13-19-25-45-35-31-33(43)37(47-27-21-15-9-3)39(49-29-23-17-11-5)41(35)51-42-36(46-26-20-14-8-2)32-34(44)38(48-28-22-16-10-4)40(42)50-30-24-18-12-6/h31-32,43-44H,7-30H2,1-6H3. The van der Waals surface area contributed by atoms with E-state index in [0.29, 0.717) is 83.9 Å². The van der Waals surface area contributed by atoms with Gasteiger partial charge in [0, 0.05) is 12.1 Å². The van der Waals surface area contributed by atoms with Gasteiger partial charge in [0.05, 0.1) is 39.6 Å². The third-order valence-corrected chi connectivity index (χ3v) is 9.65. The summed E-state index contributed by atoms with van der Waals surface area (Å²) in [5.41, 5.74) is 0. The highest BCUT2D eigenvalue weighted by atomic mass is 32.2. The van der Waals surface area contributed by atoms with Crippen molar-refractivity contribution >= 4 is 11.8 Å². The smallest absolute Gasteiger partial charge is 0.204 e. The van der Waals surface area contributed by atoms with Crippen molar-refractivity contribution in [3.05, 3.63) is 12.1 Å². The van der Waals surface area contributed by atoms with Gasteiger partial charge in [0.2, 0.25) is 11.5 Å². The van der Waals surface area contributed by atoms with Crippen molar-refractivity contribution in [3.63, 3.8) is 0 Å². The summed E-state index contributed by atoms with van der Waals surface area (Å²) in [5.74, 6) is 2.53. The van der Waals surface area contributed by atoms with Gasteiger partial charge < -0.3 is 38.6 Å². The summed E-state index contributed by atoms with van der Waals surface area (Å²) in [6, 6.07) is 3.29. The van der Waals surface area contributed by atoms with E-state index in [1.165, 1.54) is 11.8 Å². The van der Waals surface area contributed by atoms with Crippen LogP contribution in [-0.2, 0) is 0 Å². The summed E-state index contributed by atoms with van der Waals surface area (Å²) in [6.07, 6.45) is 17.8. The van der Waals surface area contributed by atoms with Crippen molar-refractivity contribution in [2.75, 3.05) is 39.6 Å². The number of phenolic OH excluding ortho intramolecular Hbond substituents is 2. The minimum absolute atomic E-state index is 0.00966. The molecular weight excluding hydrogens is 665 g/mol. The van der Waals surface area contributed by atoms with Crippen LogP contribution in [0.2, 0.25) is 0 Å². The molecule has 0 aliphatic rings. The molecule has 0 radical (unpaired) electrons. The lowest BCUT2D eigenvalue weighted by Crippen LogP contribution is -2.08. The zero-order valence-corrected chi connectivity index (χ0v) is 33.7. The number of phenols is 2. The lowest BCUT2D eigenvalue weighted by Gasteiger charge is -2.24. The average molecular weight is 735 g/mol. The monoisotopic (exact) mass is 734 g/mol. The Kier molecular flexibility index (Phi) is 24.2. The number of hydrogen-bond donors (Lipinski definition) is 2. The molecule has 8 nitrogen and oxygen atoms in total. The van der Waals surface area contributed by atoms with Crippen LogP contribution in [0.5, 0.6) is 46.0 Å². The molecule has 0 saturated carbocycles. The zero-order valence-electron chi connectivity index (χ0n) is 32.9. The van der Waals surface area contributed by atoms with Crippen LogP contribution in [-0.4, -0.2) is 49.9 Å². The molecular formula is C42H70O8S. The minimum Gasteiger partial charge on any atom is -0.504 e. The second kappa shape index (κ2) is 27.8. The maximum Gasteiger partial charge on any atom is 0.204 e. The van der Waals surface area contributed by atoms with Crippen molar-refractivity contribution in [2.45, 2.75) is 167 Å². The van der Waals surface area contributed by atoms with Gasteiger partial charge >= 0.3 is 0 Å². The molecule has 0 atom stereocenters. The highest BCUT2D eigenvalue weighted by Crippen LogP contribution is 2.57. The molecule has 0 unspecified atom stereocenters. The molecule has 0 aromatic heterocycles. The molecule has 0 aliphatic heterocycles. The molecule has 0 heterocycles. The Bertz CT molecular complexity index is 1110. The molecule has 2 rings (SSSR count). The predicted molar refractivity (Wildman–Crippen MR) is 210 cm³/mol. The van der Waals surface area contributed by atoms with Gasteiger partial charge in [-0.15, -0.1) is 0 Å². The van der Waals surface area contributed by atoms with E-state index >= 15 is 0 Å². The van der Waals surface area contributed by atoms with E-state index in [0.717, 1.165) is 116 Å². The van der Waals surface area contributed by atoms with Gasteiger partial charge in [0.1, 0.15) is 21.3 Å². The first-order chi connectivity index (χ1) is 25.0. The third kappa shape index (κ3) is 16.2. The zero-order chi connectivity index (χ0) is 37.1. The van der Waals surface area contributed by atoms with Gasteiger partial charge in [-0.1, -0.05) is 130 Å². The van der Waals surface area contributed by atoms with Gasteiger partial charge in [0.15, 0.2) is 23.0 Å². The van der Waals surface area contributed by atoms with E-state index < -0.39 is 0 Å². The summed E-state index contributed by atoms with van der Waals surface area (Å²) < 4.78 is 38.6. The Balaban J connectivity index is 2.83. The number of hydrogen-bond acceptors (Lipinski definition) is 9. The van der Waals surface area contributed by atoms with Gasteiger partial charge in [-0.3, -0.25) is 0 Å². The topological polar surface area (TPSA) is 95.8 Å². The number of unbranched alkanes of at least 4 members (excludes halogenated alkanes) is 12. The molecule has 9 heteroatoms. The maximum absolute atomic E-state index is 11.4. The average Bonchev–Trinajstić information content (AvgIpc) is 3.12. The summed E-state index contributed by atoms with van der Waals surface area (Å²) in [5, 5.41) is 22.8. The van der Waals surface area contributed by atoms with E-state index in [4.69, 9.17) is 28.4 Å². The Morgan fingerprint density at radius 3 is 0.902 bits per heavy atom. The molecule has 292 valence electrons. The van der Waals surface area contributed by atoms with Crippen molar-refractivity contribution in [1.82, 2.24) is 0 Å². The Labute approximate surface area is 314 Å². The molecule has 51 heavy (non-hydrogen) atoms. The van der Waals surface area contributed by atoms with Crippen molar-refractivity contribution in [1.29, 1.82) is 0 Å². The largest absolute Gasteiger partial charge is 0.504 e. The van der Waals surface area contributed by atoms with Crippen LogP contribution in [0.25, 0.3) is 0 Å². The molecule has 2 N–H and O–H groups in total. The van der Waals surface area contributed by atoms with Crippen molar-refractivity contribution in [2.24, 2.45) is 0 Å². The van der Waals surface area contributed by atoms with E-state index in [9.17, 15) is 10.2 Å². The molecule has 0 saturated heterocycles. The Morgan fingerprint density at radius 1 is 0.373 bits per heavy atom. The van der Waals surface area contributed by atoms with Gasteiger partial charge in [-0.2, -0.15) is 0 Å². The summed E-state index contributed by atoms with van der Waals surface area (Å²) in [4.78, 5) is 1.34. The minimum atomic E-state index is -0.00966. The fourth-order valence-electron chi connectivity index (χ4n) is 5.40. The molecule has 0 amide bonds. The number of aromatic hydroxyl groups is 2. The van der Waals surface area contributed by atoms with Crippen molar-refractivity contribution in [3.8, 4) is 46.0 Å². The fourth-order valence-corrected chi connectivity index (χ4v) is 6.53. The van der Waals surface area contributed by atoms with E-state index in [-0.39, 0.29) is 11.5 Å². The van der Waals surface area contributed by atoms with Gasteiger partial charge in [-0.05, 0) is 38.5 Å². The fraction of sp³-hybridized carbons (Fsp3) is 0.714. The highest BCUT2D eigenvalue weighted by Gasteiger charge is 2.29. The number of benzene rings is 2. The number of ether oxygens (including phenoxy) is 6. The Morgan fingerprint density at radius 2 is 0.627 bits per heavy atom. The SMILES string of the molecule is CCCCCOc1cc(O)c(OCCCCC)c(OCCCCC)c1Sc1c(OCCCCC)cc(O)c(OCCCCC)c1OCCCCC. The van der Waals surface area contributed by atoms with Crippen LogP contribution >= 0.6 is 11.8 Å². The quantitative estimate of drug-likeness (QED) is 0.0712. The van der Waals surface area contributed by atoms with Crippen LogP contribution < -0.4 is 28.4 Å². The molecule has 0 fully saturated rings. The van der Waals surface area contributed by atoms with Crippen LogP contribution in [0, 0.1) is 0 Å². The summed E-state index contributed by atoms with van der Waals surface area (Å²) in [7, 11) is 0. The van der Waals surface area contributed by atoms with Crippen LogP contribution in [0.3, 0.4) is 0 Å². The summed E-state index contributed by atoms with van der Waals surface area (Å²) >= 11 is 1.40. The molecule has 2 aromatic rings. The normalized spacial score (nSPS) is 11.1. The second-order valence-corrected chi connectivity index (χ2v) is 14.2. The highest BCUT2D eigenvalue weighted by molar-refractivity contribution is 7.99. The van der Waals surface area contributed by atoms with E-state index in [1.807, 2.05) is 0 Å². The second-order valence-electron chi connectivity index (χ2n) is 13.2. The maximum atomic E-state index is 11.4. The van der Waals surface area contributed by atoms with E-state index in [1.54, 1.807) is 12.1 Å². The Hall–Kier alpha value is -2.81. The van der Waals surface area contributed by atoms with Gasteiger partial charge in [0.25, 0.3) is 0 Å². The first-order valence-corrected chi connectivity index (χ1v) is 21.0. The van der Waals surface area contributed by atoms with Gasteiger partial charge in [-0.25, -0.2) is 0 Å². The molecule has 0 aliphatic carbocycles. The number of rotatable bonds is 32. The van der Waals surface area contributed by atoms with Crippen LogP contribution in [0.15, 0.2) is 21.9 Å². The van der Waals surface area contributed by atoms with Crippen LogP contribution in [0.1, 0.15) is 157 Å². The third-order valence-electron chi connectivity index (χ3n) is 8.47. The molecule has 0 bridgehead atoms. The lowest BCUT2D eigenvalue weighted by atomic mass is 10.2.